The molecule has 0 N–H and O–H groups in total. The molecular formula is C57H42N2O. The molecule has 0 amide bonds. The highest BCUT2D eigenvalue weighted by molar-refractivity contribution is 6.09. The summed E-state index contributed by atoms with van der Waals surface area (Å²) >= 11 is 0. The Morgan fingerprint density at radius 1 is 0.533 bits per heavy atom. The molecule has 4 aliphatic rings. The van der Waals surface area contributed by atoms with Gasteiger partial charge in [-0.25, -0.2) is 4.98 Å². The highest BCUT2D eigenvalue weighted by Crippen LogP contribution is 2.49. The van der Waals surface area contributed by atoms with Crippen molar-refractivity contribution in [2.45, 2.75) is 31.6 Å². The lowest BCUT2D eigenvalue weighted by atomic mass is 9.74. The summed E-state index contributed by atoms with van der Waals surface area (Å²) in [6, 6.07) is 59.2. The van der Waals surface area contributed by atoms with Crippen LogP contribution < -0.4 is 0 Å². The minimum absolute atomic E-state index is 0.281. The van der Waals surface area contributed by atoms with Crippen LogP contribution in [0.5, 0.6) is 0 Å². The lowest BCUT2D eigenvalue weighted by Crippen LogP contribution is -2.23. The maximum Gasteiger partial charge on any atom is 0.131 e. The number of hydrogen-bond donors (Lipinski definition) is 0. The number of pyridine rings is 1. The second-order valence-corrected chi connectivity index (χ2v) is 16.5. The highest BCUT2D eigenvalue weighted by atomic mass is 16.5. The van der Waals surface area contributed by atoms with Crippen LogP contribution in [0.4, 0.5) is 0 Å². The van der Waals surface area contributed by atoms with Gasteiger partial charge in [0.1, 0.15) is 11.5 Å². The Bertz CT molecular complexity index is 3100. The van der Waals surface area contributed by atoms with Gasteiger partial charge in [0.05, 0.1) is 22.4 Å². The molecule has 0 bridgehead atoms. The second-order valence-electron chi connectivity index (χ2n) is 16.5. The van der Waals surface area contributed by atoms with Gasteiger partial charge in [0, 0.05) is 44.7 Å². The molecule has 8 aromatic rings. The third-order valence-electron chi connectivity index (χ3n) is 13.0. The van der Waals surface area contributed by atoms with Crippen LogP contribution in [0.3, 0.4) is 0 Å². The lowest BCUT2D eigenvalue weighted by molar-refractivity contribution is 0.287. The topological polar surface area (TPSA) is 27.1 Å². The smallest absolute Gasteiger partial charge is 0.131 e. The van der Waals surface area contributed by atoms with E-state index < -0.39 is 0 Å². The van der Waals surface area contributed by atoms with Crippen LogP contribution in [0.25, 0.3) is 72.3 Å². The molecule has 0 saturated heterocycles. The Kier molecular flexibility index (Phi) is 8.26. The van der Waals surface area contributed by atoms with E-state index in [2.05, 4.69) is 187 Å². The van der Waals surface area contributed by atoms with E-state index in [4.69, 9.17) is 9.72 Å². The van der Waals surface area contributed by atoms with Gasteiger partial charge < -0.3 is 9.30 Å². The summed E-state index contributed by atoms with van der Waals surface area (Å²) in [5, 5.41) is 2.55. The van der Waals surface area contributed by atoms with E-state index in [0.717, 1.165) is 70.1 Å². The normalized spacial score (nSPS) is 18.0. The van der Waals surface area contributed by atoms with E-state index >= 15 is 0 Å². The third-order valence-corrected chi connectivity index (χ3v) is 13.0. The van der Waals surface area contributed by atoms with Gasteiger partial charge in [-0.3, -0.25) is 0 Å². The number of hydrogen-bond acceptors (Lipinski definition) is 2. The van der Waals surface area contributed by atoms with Crippen LogP contribution >= 0.6 is 0 Å². The van der Waals surface area contributed by atoms with Gasteiger partial charge in [0.2, 0.25) is 0 Å². The van der Waals surface area contributed by atoms with Gasteiger partial charge in [0.25, 0.3) is 0 Å². The molecule has 1 aliphatic heterocycles. The molecule has 2 aromatic heterocycles. The zero-order chi connectivity index (χ0) is 39.6. The Morgan fingerprint density at radius 3 is 2.02 bits per heavy atom. The third kappa shape index (κ3) is 5.92. The van der Waals surface area contributed by atoms with Crippen molar-refractivity contribution < 1.29 is 4.74 Å². The van der Waals surface area contributed by atoms with Crippen LogP contribution in [-0.2, 0) is 4.74 Å². The minimum Gasteiger partial charge on any atom is -0.457 e. The molecule has 3 heteroatoms. The summed E-state index contributed by atoms with van der Waals surface area (Å²) in [7, 11) is 0. The number of benzene rings is 6. The largest absolute Gasteiger partial charge is 0.457 e. The first kappa shape index (κ1) is 34.8. The molecule has 0 fully saturated rings. The summed E-state index contributed by atoms with van der Waals surface area (Å²) in [5.74, 6) is 2.98. The molecule has 0 saturated carbocycles. The Labute approximate surface area is 350 Å². The SMILES string of the molecule is C1=CC2=C3C(=CCCC3C1)OC1=CCC(c3ccc4c(c3)c3ccccc3n4-c3cccc(-c4ccc(-c5cc(-c6ccccc6)nc(-c6ccccc6)c5)cc4)c3)C=C12. The second kappa shape index (κ2) is 14.2. The molecular weight excluding hydrogens is 729 g/mol. The van der Waals surface area contributed by atoms with Gasteiger partial charge in [-0.15, -0.1) is 0 Å². The number of ether oxygens (including phenoxy) is 1. The molecule has 6 aromatic carbocycles. The van der Waals surface area contributed by atoms with E-state index in [0.29, 0.717) is 5.92 Å². The maximum atomic E-state index is 6.56. The van der Waals surface area contributed by atoms with Crippen LogP contribution in [0.15, 0.2) is 222 Å². The number of fused-ring (bicyclic) bond motifs is 5. The van der Waals surface area contributed by atoms with E-state index in [1.807, 2.05) is 12.1 Å². The summed E-state index contributed by atoms with van der Waals surface area (Å²) in [5.41, 5.74) is 17.8. The molecule has 0 spiro atoms. The van der Waals surface area contributed by atoms with E-state index in [9.17, 15) is 0 Å². The van der Waals surface area contributed by atoms with Crippen LogP contribution in [0.1, 0.15) is 37.2 Å². The van der Waals surface area contributed by atoms with E-state index in [1.165, 1.54) is 61.6 Å². The monoisotopic (exact) mass is 770 g/mol. The van der Waals surface area contributed by atoms with Gasteiger partial charge in [0.15, 0.2) is 0 Å². The fourth-order valence-electron chi connectivity index (χ4n) is 9.99. The molecule has 3 nitrogen and oxygen atoms in total. The first-order valence-electron chi connectivity index (χ1n) is 21.3. The number of nitrogens with zero attached hydrogens (tertiary/aromatic N) is 2. The van der Waals surface area contributed by atoms with Crippen molar-refractivity contribution in [3.63, 3.8) is 0 Å². The quantitative estimate of drug-likeness (QED) is 0.168. The Hall–Kier alpha value is -7.23. The molecule has 60 heavy (non-hydrogen) atoms. The Balaban J connectivity index is 0.889. The first-order chi connectivity index (χ1) is 29.7. The van der Waals surface area contributed by atoms with Gasteiger partial charge in [-0.1, -0.05) is 140 Å². The molecule has 2 unspecified atom stereocenters. The number of rotatable bonds is 6. The number of para-hydroxylation sites is 1. The zero-order valence-electron chi connectivity index (χ0n) is 33.3. The van der Waals surface area contributed by atoms with E-state index in [-0.39, 0.29) is 5.92 Å². The standard InChI is InChI=1S/C57H42N2O/c1-3-12-39(13-4-1)51-35-45(36-52(58-51)40-14-5-2-6-15-40)38-26-24-37(25-27-38)42-18-9-19-46(32-42)59-53-22-8-7-20-47(53)49-33-43(28-30-54(49)59)44-29-31-55-50(34-44)48-21-10-16-41-17-11-23-56(60-55)57(41)48/h1-10,12-15,18-28,30-36,41,44H,11,16-17,29H2. The van der Waals surface area contributed by atoms with Gasteiger partial charge >= 0.3 is 0 Å². The summed E-state index contributed by atoms with van der Waals surface area (Å²) < 4.78 is 8.99. The van der Waals surface area contributed by atoms with Gasteiger partial charge in [-0.2, -0.15) is 0 Å². The Morgan fingerprint density at radius 2 is 1.23 bits per heavy atom. The fourth-order valence-corrected chi connectivity index (χ4v) is 9.99. The van der Waals surface area contributed by atoms with Gasteiger partial charge in [-0.05, 0) is 120 Å². The summed E-state index contributed by atoms with van der Waals surface area (Å²) in [6.07, 6.45) is 16.2. The first-order valence-corrected chi connectivity index (χ1v) is 21.3. The van der Waals surface area contributed by atoms with Crippen molar-refractivity contribution in [3.8, 4) is 50.5 Å². The van der Waals surface area contributed by atoms with Crippen LogP contribution in [0, 0.1) is 5.92 Å². The van der Waals surface area contributed by atoms with Crippen molar-refractivity contribution >= 4 is 21.8 Å². The average Bonchev–Trinajstić information content (AvgIpc) is 3.66. The molecule has 286 valence electrons. The molecule has 2 atom stereocenters. The van der Waals surface area contributed by atoms with Crippen LogP contribution in [-0.4, -0.2) is 9.55 Å². The summed E-state index contributed by atoms with van der Waals surface area (Å²) in [4.78, 5) is 5.09. The molecule has 3 heterocycles. The molecule has 12 rings (SSSR count). The van der Waals surface area contributed by atoms with Crippen molar-refractivity contribution in [2.75, 3.05) is 0 Å². The number of aromatic nitrogens is 2. The number of allylic oxidation sites excluding steroid dienone is 7. The van der Waals surface area contributed by atoms with E-state index in [1.54, 1.807) is 0 Å². The zero-order valence-corrected chi connectivity index (χ0v) is 33.3. The van der Waals surface area contributed by atoms with Crippen LogP contribution in [0.2, 0.25) is 0 Å². The molecule has 3 aliphatic carbocycles. The fraction of sp³-hybridized carbons (Fsp3) is 0.105. The minimum atomic E-state index is 0.281. The van der Waals surface area contributed by atoms with Crippen molar-refractivity contribution in [1.82, 2.24) is 9.55 Å². The highest BCUT2D eigenvalue weighted by Gasteiger charge is 2.35. The van der Waals surface area contributed by atoms with Crippen molar-refractivity contribution in [2.24, 2.45) is 5.92 Å². The summed E-state index contributed by atoms with van der Waals surface area (Å²) in [6.45, 7) is 0. The lowest BCUT2D eigenvalue weighted by Gasteiger charge is -2.37. The predicted octanol–water partition coefficient (Wildman–Crippen LogP) is 14.7. The van der Waals surface area contributed by atoms with Crippen molar-refractivity contribution in [3.05, 3.63) is 228 Å². The molecule has 0 radical (unpaired) electrons. The average molecular weight is 771 g/mol. The van der Waals surface area contributed by atoms with Crippen molar-refractivity contribution in [1.29, 1.82) is 0 Å². The maximum absolute atomic E-state index is 6.56. The predicted molar refractivity (Wildman–Crippen MR) is 247 cm³/mol.